The zero-order chi connectivity index (χ0) is 18.6. The highest BCUT2D eigenvalue weighted by molar-refractivity contribution is 7.80. The van der Waals surface area contributed by atoms with Crippen LogP contribution in [0.3, 0.4) is 0 Å². The van der Waals surface area contributed by atoms with Crippen molar-refractivity contribution in [1.29, 1.82) is 0 Å². The van der Waals surface area contributed by atoms with Crippen molar-refractivity contribution >= 4 is 17.2 Å². The van der Waals surface area contributed by atoms with E-state index in [-0.39, 0.29) is 5.82 Å². The third kappa shape index (κ3) is 4.17. The van der Waals surface area contributed by atoms with E-state index in [1.165, 1.54) is 23.3 Å². The SMILES string of the molecule is Fc1cccc(COc2ccc(C(=S)N3CCc4ccccc4C3)cc2)c1. The van der Waals surface area contributed by atoms with Crippen molar-refractivity contribution in [2.45, 2.75) is 19.6 Å². The Labute approximate surface area is 164 Å². The number of thiocarbonyl (C=S) groups is 1. The van der Waals surface area contributed by atoms with E-state index in [1.54, 1.807) is 6.07 Å². The predicted octanol–water partition coefficient (Wildman–Crippen LogP) is 5.14. The van der Waals surface area contributed by atoms with Gasteiger partial charge < -0.3 is 9.64 Å². The molecule has 0 amide bonds. The Hall–Kier alpha value is -2.72. The lowest BCUT2D eigenvalue weighted by Gasteiger charge is -2.31. The number of benzene rings is 3. The van der Waals surface area contributed by atoms with Gasteiger partial charge in [-0.2, -0.15) is 0 Å². The Morgan fingerprint density at radius 2 is 1.74 bits per heavy atom. The first-order chi connectivity index (χ1) is 13.2. The summed E-state index contributed by atoms with van der Waals surface area (Å²) in [6.07, 6.45) is 1.02. The highest BCUT2D eigenvalue weighted by atomic mass is 32.1. The Kier molecular flexibility index (Phi) is 5.16. The molecule has 0 radical (unpaired) electrons. The molecule has 4 heteroatoms. The van der Waals surface area contributed by atoms with Gasteiger partial charge in [-0.15, -0.1) is 0 Å². The first kappa shape index (κ1) is 17.7. The van der Waals surface area contributed by atoms with Crippen LogP contribution in [0.5, 0.6) is 5.75 Å². The average molecular weight is 377 g/mol. The van der Waals surface area contributed by atoms with Gasteiger partial charge in [-0.25, -0.2) is 4.39 Å². The summed E-state index contributed by atoms with van der Waals surface area (Å²) in [5.74, 6) is 0.495. The lowest BCUT2D eigenvalue weighted by atomic mass is 9.99. The highest BCUT2D eigenvalue weighted by Gasteiger charge is 2.18. The van der Waals surface area contributed by atoms with Crippen LogP contribution < -0.4 is 4.74 Å². The molecule has 3 aromatic rings. The van der Waals surface area contributed by atoms with E-state index in [0.29, 0.717) is 6.61 Å². The minimum atomic E-state index is -0.250. The maximum Gasteiger partial charge on any atom is 0.123 e. The molecule has 0 saturated heterocycles. The van der Waals surface area contributed by atoms with Gasteiger partial charge in [-0.3, -0.25) is 0 Å². The number of ether oxygens (including phenoxy) is 1. The second-order valence-corrected chi connectivity index (χ2v) is 7.08. The largest absolute Gasteiger partial charge is 0.489 e. The van der Waals surface area contributed by atoms with Gasteiger partial charge in [0.05, 0.1) is 0 Å². The molecule has 27 heavy (non-hydrogen) atoms. The van der Waals surface area contributed by atoms with E-state index in [0.717, 1.165) is 41.4 Å². The summed E-state index contributed by atoms with van der Waals surface area (Å²) in [6, 6.07) is 22.8. The molecule has 0 spiro atoms. The van der Waals surface area contributed by atoms with Crippen molar-refractivity contribution in [3.8, 4) is 5.75 Å². The molecule has 0 bridgehead atoms. The number of fused-ring (bicyclic) bond motifs is 1. The van der Waals surface area contributed by atoms with Crippen molar-refractivity contribution in [2.24, 2.45) is 0 Å². The van der Waals surface area contributed by atoms with Crippen molar-refractivity contribution in [3.63, 3.8) is 0 Å². The molecule has 0 fully saturated rings. The fourth-order valence-corrected chi connectivity index (χ4v) is 3.63. The zero-order valence-corrected chi connectivity index (χ0v) is 15.7. The van der Waals surface area contributed by atoms with Crippen molar-refractivity contribution < 1.29 is 9.13 Å². The summed E-state index contributed by atoms with van der Waals surface area (Å²) >= 11 is 5.71. The summed E-state index contributed by atoms with van der Waals surface area (Å²) in [7, 11) is 0. The number of halogens is 1. The fraction of sp³-hybridized carbons (Fsp3) is 0.174. The lowest BCUT2D eigenvalue weighted by Crippen LogP contribution is -2.35. The lowest BCUT2D eigenvalue weighted by molar-refractivity contribution is 0.305. The number of nitrogens with zero attached hydrogens (tertiary/aromatic N) is 1. The summed E-state index contributed by atoms with van der Waals surface area (Å²) in [4.78, 5) is 3.11. The van der Waals surface area contributed by atoms with Gasteiger partial charge in [0.15, 0.2) is 0 Å². The zero-order valence-electron chi connectivity index (χ0n) is 14.9. The number of hydrogen-bond acceptors (Lipinski definition) is 2. The van der Waals surface area contributed by atoms with Gasteiger partial charge in [-0.1, -0.05) is 48.6 Å². The van der Waals surface area contributed by atoms with E-state index in [4.69, 9.17) is 17.0 Å². The van der Waals surface area contributed by atoms with Crippen LogP contribution >= 0.6 is 12.2 Å². The van der Waals surface area contributed by atoms with Gasteiger partial charge in [-0.05, 0) is 59.5 Å². The smallest absolute Gasteiger partial charge is 0.123 e. The van der Waals surface area contributed by atoms with E-state index in [9.17, 15) is 4.39 Å². The third-order valence-electron chi connectivity index (χ3n) is 4.81. The molecule has 4 rings (SSSR count). The van der Waals surface area contributed by atoms with E-state index >= 15 is 0 Å². The van der Waals surface area contributed by atoms with Crippen LogP contribution in [-0.4, -0.2) is 16.4 Å². The molecule has 3 aromatic carbocycles. The van der Waals surface area contributed by atoms with Crippen molar-refractivity contribution in [1.82, 2.24) is 4.90 Å². The quantitative estimate of drug-likeness (QED) is 0.584. The van der Waals surface area contributed by atoms with E-state index in [2.05, 4.69) is 29.2 Å². The molecule has 0 atom stereocenters. The van der Waals surface area contributed by atoms with Gasteiger partial charge in [0.1, 0.15) is 23.2 Å². The molecule has 0 saturated carbocycles. The molecule has 1 aliphatic heterocycles. The molecule has 0 aromatic heterocycles. The molecule has 0 aliphatic carbocycles. The van der Waals surface area contributed by atoms with Crippen LogP contribution in [0.25, 0.3) is 0 Å². The van der Waals surface area contributed by atoms with Crippen LogP contribution in [0.4, 0.5) is 4.39 Å². The summed E-state index contributed by atoms with van der Waals surface area (Å²) in [6.45, 7) is 2.13. The topological polar surface area (TPSA) is 12.5 Å². The molecule has 1 aliphatic rings. The van der Waals surface area contributed by atoms with E-state index in [1.807, 2.05) is 30.3 Å². The predicted molar refractivity (Wildman–Crippen MR) is 109 cm³/mol. The normalized spacial score (nSPS) is 13.1. The molecule has 2 nitrogen and oxygen atoms in total. The van der Waals surface area contributed by atoms with Gasteiger partial charge in [0.2, 0.25) is 0 Å². The number of hydrogen-bond donors (Lipinski definition) is 0. The Balaban J connectivity index is 1.39. The Morgan fingerprint density at radius 3 is 2.52 bits per heavy atom. The standard InChI is InChI=1S/C23H20FNOS/c24-21-7-3-4-17(14-21)16-26-22-10-8-19(9-11-22)23(27)25-13-12-18-5-1-2-6-20(18)15-25/h1-11,14H,12-13,15-16H2. The molecular weight excluding hydrogens is 357 g/mol. The van der Waals surface area contributed by atoms with Crippen LogP contribution in [0.2, 0.25) is 0 Å². The van der Waals surface area contributed by atoms with Crippen LogP contribution in [0, 0.1) is 5.82 Å². The second-order valence-electron chi connectivity index (χ2n) is 6.69. The molecule has 0 N–H and O–H groups in total. The Bertz CT molecular complexity index is 955. The van der Waals surface area contributed by atoms with Gasteiger partial charge >= 0.3 is 0 Å². The van der Waals surface area contributed by atoms with Crippen molar-refractivity contribution in [2.75, 3.05) is 6.54 Å². The fourth-order valence-electron chi connectivity index (χ4n) is 3.34. The van der Waals surface area contributed by atoms with Crippen LogP contribution in [-0.2, 0) is 19.6 Å². The van der Waals surface area contributed by atoms with Gasteiger partial charge in [0.25, 0.3) is 0 Å². The Morgan fingerprint density at radius 1 is 0.963 bits per heavy atom. The maximum absolute atomic E-state index is 13.2. The summed E-state index contributed by atoms with van der Waals surface area (Å²) in [5, 5.41) is 0. The first-order valence-corrected chi connectivity index (χ1v) is 9.43. The second kappa shape index (κ2) is 7.89. The molecule has 136 valence electrons. The minimum absolute atomic E-state index is 0.250. The third-order valence-corrected chi connectivity index (χ3v) is 5.31. The monoisotopic (exact) mass is 377 g/mol. The van der Waals surface area contributed by atoms with Crippen LogP contribution in [0.1, 0.15) is 22.3 Å². The maximum atomic E-state index is 13.2. The minimum Gasteiger partial charge on any atom is -0.489 e. The van der Waals surface area contributed by atoms with Gasteiger partial charge in [0, 0.05) is 18.7 Å². The van der Waals surface area contributed by atoms with Crippen molar-refractivity contribution in [3.05, 3.63) is 101 Å². The first-order valence-electron chi connectivity index (χ1n) is 9.02. The number of rotatable bonds is 4. The average Bonchev–Trinajstić information content (AvgIpc) is 2.72. The molecule has 0 unspecified atom stereocenters. The van der Waals surface area contributed by atoms with Crippen LogP contribution in [0.15, 0.2) is 72.8 Å². The van der Waals surface area contributed by atoms with E-state index < -0.39 is 0 Å². The highest BCUT2D eigenvalue weighted by Crippen LogP contribution is 2.22. The molecule has 1 heterocycles. The molecular formula is C23H20FNOS. The summed E-state index contributed by atoms with van der Waals surface area (Å²) in [5.41, 5.74) is 4.59. The summed E-state index contributed by atoms with van der Waals surface area (Å²) < 4.78 is 19.0.